The molecule has 1 aromatic carbocycles. The highest BCUT2D eigenvalue weighted by molar-refractivity contribution is 5.78. The van der Waals surface area contributed by atoms with Crippen LogP contribution in [0.25, 0.3) is 0 Å². The van der Waals surface area contributed by atoms with E-state index >= 15 is 0 Å². The van der Waals surface area contributed by atoms with Gasteiger partial charge in [-0.25, -0.2) is 0 Å². The average molecular weight is 265 g/mol. The molecule has 0 saturated carbocycles. The molecule has 0 N–H and O–H groups in total. The number of benzene rings is 1. The van der Waals surface area contributed by atoms with Crippen LogP contribution < -0.4 is 14.2 Å². The molecule has 0 aliphatic heterocycles. The van der Waals surface area contributed by atoms with Gasteiger partial charge < -0.3 is 14.2 Å². The minimum absolute atomic E-state index is 0.0357. The van der Waals surface area contributed by atoms with Gasteiger partial charge in [0.1, 0.15) is 0 Å². The number of carbonyl (C=O) groups excluding carboxylic acids is 3. The summed E-state index contributed by atoms with van der Waals surface area (Å²) in [6, 6.07) is 2.79. The quantitative estimate of drug-likeness (QED) is 0.610. The summed E-state index contributed by atoms with van der Waals surface area (Å²) in [6.45, 7) is 7.21. The smallest absolute Gasteiger partial charge is 0.308 e. The summed E-state index contributed by atoms with van der Waals surface area (Å²) in [5.74, 6) is -2.05. The van der Waals surface area contributed by atoms with Gasteiger partial charge in [0, 0.05) is 20.8 Å². The molecule has 0 bridgehead atoms. The summed E-state index contributed by atoms with van der Waals surface area (Å²) in [7, 11) is 0. The molecule has 19 heavy (non-hydrogen) atoms. The van der Waals surface area contributed by atoms with Crippen LogP contribution in [0.15, 0.2) is 12.1 Å². The maximum absolute atomic E-state index is 11.1. The monoisotopic (exact) mass is 265 g/mol. The maximum atomic E-state index is 11.1. The van der Waals surface area contributed by atoms with Gasteiger partial charge in [-0.3, -0.25) is 14.4 Å². The highest BCUT2D eigenvalue weighted by atomic mass is 16.6. The highest BCUT2D eigenvalue weighted by Crippen LogP contribution is 2.39. The largest absolute Gasteiger partial charge is 0.423 e. The van der Waals surface area contributed by atoms with E-state index in [1.807, 2.05) is 0 Å². The lowest BCUT2D eigenvalue weighted by molar-refractivity contribution is -0.135. The second-order valence-electron chi connectivity index (χ2n) is 3.70. The number of rotatable bonds is 3. The first-order valence-electron chi connectivity index (χ1n) is 5.35. The summed E-state index contributed by atoms with van der Waals surface area (Å²) in [5, 5.41) is 0. The molecule has 0 aliphatic rings. The Kier molecular flexibility index (Phi) is 4.63. The molecule has 0 heterocycles. The van der Waals surface area contributed by atoms with Crippen molar-refractivity contribution in [1.82, 2.24) is 0 Å². The van der Waals surface area contributed by atoms with E-state index in [1.54, 1.807) is 0 Å². The van der Waals surface area contributed by atoms with Crippen LogP contribution in [0.4, 0.5) is 0 Å². The fraction of sp³-hybridized carbons (Fsp3) is 0.231. The second-order valence-corrected chi connectivity index (χ2v) is 3.70. The third-order valence-corrected chi connectivity index (χ3v) is 1.83. The van der Waals surface area contributed by atoms with E-state index in [1.165, 1.54) is 32.9 Å². The summed E-state index contributed by atoms with van der Waals surface area (Å²) in [4.78, 5) is 33.1. The van der Waals surface area contributed by atoms with Crippen LogP contribution >= 0.6 is 0 Å². The molecule has 0 amide bonds. The number of carbonyl (C=O) groups is 3. The van der Waals surface area contributed by atoms with Crippen molar-refractivity contribution in [1.29, 1.82) is 0 Å². The minimum Gasteiger partial charge on any atom is -0.423 e. The average Bonchev–Trinajstić information content (AvgIpc) is 2.20. The van der Waals surface area contributed by atoms with E-state index < -0.39 is 17.9 Å². The second kappa shape index (κ2) is 5.99. The Morgan fingerprint density at radius 3 is 1.53 bits per heavy atom. The van der Waals surface area contributed by atoms with Gasteiger partial charge in [0.15, 0.2) is 11.5 Å². The Morgan fingerprint density at radius 2 is 1.21 bits per heavy atom. The molecule has 0 saturated heterocycles. The SMILES string of the molecule is [CH2]c1cc(OC(C)=O)c(OC(C)=O)c(OC(C)=O)c1. The number of hydrogen-bond donors (Lipinski definition) is 0. The summed E-state index contributed by atoms with van der Waals surface area (Å²) < 4.78 is 14.7. The fourth-order valence-corrected chi connectivity index (χ4v) is 1.34. The Hall–Kier alpha value is -2.37. The third-order valence-electron chi connectivity index (χ3n) is 1.83. The van der Waals surface area contributed by atoms with Gasteiger partial charge in [0.05, 0.1) is 0 Å². The van der Waals surface area contributed by atoms with E-state index in [4.69, 9.17) is 14.2 Å². The van der Waals surface area contributed by atoms with Gasteiger partial charge in [-0.1, -0.05) is 0 Å². The lowest BCUT2D eigenvalue weighted by Gasteiger charge is -2.13. The first-order chi connectivity index (χ1) is 8.79. The molecule has 0 unspecified atom stereocenters. The first-order valence-corrected chi connectivity index (χ1v) is 5.35. The number of ether oxygens (including phenoxy) is 3. The molecule has 1 rings (SSSR count). The molecule has 1 aromatic rings. The number of hydrogen-bond acceptors (Lipinski definition) is 6. The van der Waals surface area contributed by atoms with Crippen molar-refractivity contribution in [3.63, 3.8) is 0 Å². The lowest BCUT2D eigenvalue weighted by Crippen LogP contribution is -2.10. The zero-order chi connectivity index (χ0) is 14.6. The Balaban J connectivity index is 3.33. The van der Waals surface area contributed by atoms with Crippen molar-refractivity contribution in [2.75, 3.05) is 0 Å². The van der Waals surface area contributed by atoms with Crippen molar-refractivity contribution in [2.45, 2.75) is 20.8 Å². The standard InChI is InChI=1S/C13H13O6/c1-7-5-11(17-8(2)14)13(19-10(4)16)12(6-7)18-9(3)15/h5-6H,1H2,2-4H3. The van der Waals surface area contributed by atoms with E-state index in [2.05, 4.69) is 6.92 Å². The van der Waals surface area contributed by atoms with Crippen LogP contribution in [0.1, 0.15) is 26.3 Å². The number of esters is 3. The van der Waals surface area contributed by atoms with Crippen molar-refractivity contribution in [2.24, 2.45) is 0 Å². The van der Waals surface area contributed by atoms with Gasteiger partial charge in [0.25, 0.3) is 0 Å². The van der Waals surface area contributed by atoms with Crippen LogP contribution in [-0.4, -0.2) is 17.9 Å². The highest BCUT2D eigenvalue weighted by Gasteiger charge is 2.18. The van der Waals surface area contributed by atoms with Gasteiger partial charge in [0.2, 0.25) is 5.75 Å². The first kappa shape index (κ1) is 14.7. The Labute approximate surface area is 110 Å². The molecular weight excluding hydrogens is 252 g/mol. The predicted octanol–water partition coefficient (Wildman–Crippen LogP) is 1.64. The van der Waals surface area contributed by atoms with E-state index in [9.17, 15) is 14.4 Å². The van der Waals surface area contributed by atoms with Crippen molar-refractivity contribution < 1.29 is 28.6 Å². The van der Waals surface area contributed by atoms with Crippen molar-refractivity contribution in [3.05, 3.63) is 24.6 Å². The topological polar surface area (TPSA) is 78.9 Å². The molecule has 6 nitrogen and oxygen atoms in total. The zero-order valence-corrected chi connectivity index (χ0v) is 10.8. The Bertz CT molecular complexity index is 495. The van der Waals surface area contributed by atoms with Crippen LogP contribution in [0, 0.1) is 6.92 Å². The predicted molar refractivity (Wildman–Crippen MR) is 64.8 cm³/mol. The summed E-state index contributed by atoms with van der Waals surface area (Å²) >= 11 is 0. The molecule has 0 spiro atoms. The van der Waals surface area contributed by atoms with Crippen LogP contribution in [0.5, 0.6) is 17.2 Å². The Morgan fingerprint density at radius 1 is 0.842 bits per heavy atom. The molecule has 0 atom stereocenters. The van der Waals surface area contributed by atoms with Crippen LogP contribution in [-0.2, 0) is 14.4 Å². The van der Waals surface area contributed by atoms with Crippen LogP contribution in [0.2, 0.25) is 0 Å². The van der Waals surface area contributed by atoms with Crippen LogP contribution in [0.3, 0.4) is 0 Å². The maximum Gasteiger partial charge on any atom is 0.308 e. The van der Waals surface area contributed by atoms with E-state index in [0.717, 1.165) is 0 Å². The van der Waals surface area contributed by atoms with Gasteiger partial charge >= 0.3 is 17.9 Å². The molecular formula is C13H13O6. The molecule has 6 heteroatoms. The van der Waals surface area contributed by atoms with Gasteiger partial charge in [-0.2, -0.15) is 0 Å². The molecule has 0 fully saturated rings. The van der Waals surface area contributed by atoms with E-state index in [0.29, 0.717) is 5.56 Å². The van der Waals surface area contributed by atoms with Gasteiger partial charge in [-0.15, -0.1) is 0 Å². The lowest BCUT2D eigenvalue weighted by atomic mass is 10.2. The third kappa shape index (κ3) is 4.42. The molecule has 0 aliphatic carbocycles. The van der Waals surface area contributed by atoms with E-state index in [-0.39, 0.29) is 17.2 Å². The fourth-order valence-electron chi connectivity index (χ4n) is 1.34. The van der Waals surface area contributed by atoms with Crippen molar-refractivity contribution >= 4 is 17.9 Å². The summed E-state index contributed by atoms with van der Waals surface area (Å²) in [6.07, 6.45) is 0. The van der Waals surface area contributed by atoms with Crippen molar-refractivity contribution in [3.8, 4) is 17.2 Å². The minimum atomic E-state index is -0.640. The zero-order valence-electron chi connectivity index (χ0n) is 10.8. The molecule has 0 aromatic heterocycles. The van der Waals surface area contributed by atoms with Gasteiger partial charge in [-0.05, 0) is 24.6 Å². The normalized spacial score (nSPS) is 9.68. The molecule has 101 valence electrons. The summed E-state index contributed by atoms with van der Waals surface area (Å²) in [5.41, 5.74) is 0.434. The molecule has 1 radical (unpaired) electrons.